The van der Waals surface area contributed by atoms with E-state index in [1.165, 1.54) is 0 Å². The second-order valence-electron chi connectivity index (χ2n) is 5.96. The third-order valence-corrected chi connectivity index (χ3v) is 7.35. The molecule has 120 valence electrons. The average Bonchev–Trinajstić information content (AvgIpc) is 2.77. The Hall–Kier alpha value is -0.430. The Morgan fingerprint density at radius 3 is 2.38 bits per heavy atom. The van der Waals surface area contributed by atoms with E-state index in [0.717, 1.165) is 41.9 Å². The van der Waals surface area contributed by atoms with E-state index in [4.69, 9.17) is 5.73 Å². The van der Waals surface area contributed by atoms with Gasteiger partial charge in [0.1, 0.15) is 0 Å². The summed E-state index contributed by atoms with van der Waals surface area (Å²) in [6.07, 6.45) is 4.43. The summed E-state index contributed by atoms with van der Waals surface area (Å²) in [7, 11) is -3.39. The van der Waals surface area contributed by atoms with Gasteiger partial charge in [-0.05, 0) is 52.0 Å². The second kappa shape index (κ2) is 6.77. The fourth-order valence-corrected chi connectivity index (χ4v) is 6.40. The first kappa shape index (κ1) is 16.9. The van der Waals surface area contributed by atoms with Gasteiger partial charge in [0.25, 0.3) is 0 Å². The largest absolute Gasteiger partial charge is 0.328 e. The summed E-state index contributed by atoms with van der Waals surface area (Å²) in [5.74, 6) is 0. The van der Waals surface area contributed by atoms with Gasteiger partial charge >= 0.3 is 0 Å². The molecule has 0 radical (unpaired) electrons. The first-order valence-electron chi connectivity index (χ1n) is 7.70. The minimum atomic E-state index is -3.39. The number of hydrogen-bond acceptors (Lipinski definition) is 4. The standard InChI is InChI=1S/C15H26N2O2S2/c1-4-9-17(14-7-5-13(16)6-8-14)21(18,19)15-10-11(2)20-12(15)3/h10,13-14H,4-9,16H2,1-3H3. The van der Waals surface area contributed by atoms with Crippen molar-refractivity contribution in [3.8, 4) is 0 Å². The topological polar surface area (TPSA) is 63.4 Å². The summed E-state index contributed by atoms with van der Waals surface area (Å²) < 4.78 is 27.8. The molecule has 1 heterocycles. The van der Waals surface area contributed by atoms with Gasteiger partial charge in [-0.15, -0.1) is 11.3 Å². The predicted octanol–water partition coefficient (Wildman–Crippen LogP) is 3.04. The lowest BCUT2D eigenvalue weighted by Gasteiger charge is -2.35. The first-order chi connectivity index (χ1) is 9.86. The van der Waals surface area contributed by atoms with Crippen molar-refractivity contribution in [2.24, 2.45) is 5.73 Å². The van der Waals surface area contributed by atoms with Crippen molar-refractivity contribution in [1.29, 1.82) is 0 Å². The van der Waals surface area contributed by atoms with Gasteiger partial charge in [-0.3, -0.25) is 0 Å². The molecule has 0 bridgehead atoms. The van der Waals surface area contributed by atoms with Crippen LogP contribution in [0.1, 0.15) is 48.8 Å². The molecule has 6 heteroatoms. The van der Waals surface area contributed by atoms with E-state index in [2.05, 4.69) is 0 Å². The number of hydrogen-bond donors (Lipinski definition) is 1. The molecule has 1 fully saturated rings. The van der Waals surface area contributed by atoms with Crippen molar-refractivity contribution in [2.75, 3.05) is 6.54 Å². The van der Waals surface area contributed by atoms with Crippen LogP contribution in [-0.4, -0.2) is 31.4 Å². The number of nitrogens with zero attached hydrogens (tertiary/aromatic N) is 1. The zero-order chi connectivity index (χ0) is 15.6. The van der Waals surface area contributed by atoms with Crippen LogP contribution in [0.5, 0.6) is 0 Å². The highest BCUT2D eigenvalue weighted by Gasteiger charge is 2.34. The number of sulfonamides is 1. The molecule has 1 aliphatic rings. The van der Waals surface area contributed by atoms with Crippen LogP contribution in [0, 0.1) is 13.8 Å². The smallest absolute Gasteiger partial charge is 0.244 e. The normalized spacial score (nSPS) is 23.7. The van der Waals surface area contributed by atoms with Crippen LogP contribution in [0.4, 0.5) is 0 Å². The van der Waals surface area contributed by atoms with E-state index in [9.17, 15) is 8.42 Å². The van der Waals surface area contributed by atoms with Crippen molar-refractivity contribution in [3.05, 3.63) is 15.8 Å². The van der Waals surface area contributed by atoms with E-state index in [1.807, 2.05) is 26.8 Å². The number of aryl methyl sites for hydroxylation is 2. The molecular formula is C15H26N2O2S2. The van der Waals surface area contributed by atoms with Crippen LogP contribution in [0.2, 0.25) is 0 Å². The maximum absolute atomic E-state index is 13.0. The van der Waals surface area contributed by atoms with Gasteiger partial charge in [-0.25, -0.2) is 8.42 Å². The maximum Gasteiger partial charge on any atom is 0.244 e. The molecule has 1 saturated carbocycles. The highest BCUT2D eigenvalue weighted by molar-refractivity contribution is 7.89. The van der Waals surface area contributed by atoms with E-state index >= 15 is 0 Å². The summed E-state index contributed by atoms with van der Waals surface area (Å²) in [6, 6.07) is 2.15. The van der Waals surface area contributed by atoms with Crippen LogP contribution in [0.15, 0.2) is 11.0 Å². The van der Waals surface area contributed by atoms with Gasteiger partial charge < -0.3 is 5.73 Å². The van der Waals surface area contributed by atoms with Crippen molar-refractivity contribution < 1.29 is 8.42 Å². The van der Waals surface area contributed by atoms with Gasteiger partial charge in [-0.1, -0.05) is 6.92 Å². The molecule has 1 aromatic heterocycles. The monoisotopic (exact) mass is 330 g/mol. The lowest BCUT2D eigenvalue weighted by Crippen LogP contribution is -2.44. The average molecular weight is 331 g/mol. The predicted molar refractivity (Wildman–Crippen MR) is 88.2 cm³/mol. The van der Waals surface area contributed by atoms with E-state index in [-0.39, 0.29) is 12.1 Å². The van der Waals surface area contributed by atoms with Gasteiger partial charge in [0.05, 0.1) is 4.90 Å². The van der Waals surface area contributed by atoms with Gasteiger partial charge in [0.15, 0.2) is 0 Å². The molecule has 0 unspecified atom stereocenters. The number of rotatable bonds is 5. The van der Waals surface area contributed by atoms with Crippen LogP contribution >= 0.6 is 11.3 Å². The van der Waals surface area contributed by atoms with Crippen LogP contribution in [-0.2, 0) is 10.0 Å². The molecule has 0 saturated heterocycles. The first-order valence-corrected chi connectivity index (χ1v) is 9.96. The zero-order valence-corrected chi connectivity index (χ0v) is 14.8. The summed E-state index contributed by atoms with van der Waals surface area (Å²) in [4.78, 5) is 2.43. The van der Waals surface area contributed by atoms with Crippen LogP contribution in [0.25, 0.3) is 0 Å². The molecule has 4 nitrogen and oxygen atoms in total. The van der Waals surface area contributed by atoms with Gasteiger partial charge in [0, 0.05) is 28.4 Å². The third-order valence-electron chi connectivity index (χ3n) is 4.17. The SMILES string of the molecule is CCCN(C1CCC(N)CC1)S(=O)(=O)c1cc(C)sc1C. The highest BCUT2D eigenvalue weighted by atomic mass is 32.2. The Labute approximate surface area is 132 Å². The van der Waals surface area contributed by atoms with Crippen molar-refractivity contribution in [2.45, 2.75) is 69.9 Å². The summed E-state index contributed by atoms with van der Waals surface area (Å²) in [5, 5.41) is 0. The second-order valence-corrected chi connectivity index (χ2v) is 9.28. The minimum absolute atomic E-state index is 0.106. The number of thiophene rings is 1. The quantitative estimate of drug-likeness (QED) is 0.902. The Bertz CT molecular complexity index is 572. The molecule has 0 aliphatic heterocycles. The molecule has 1 aromatic rings. The van der Waals surface area contributed by atoms with E-state index in [0.29, 0.717) is 11.4 Å². The summed E-state index contributed by atoms with van der Waals surface area (Å²) in [5.41, 5.74) is 5.95. The highest BCUT2D eigenvalue weighted by Crippen LogP contribution is 2.32. The molecule has 0 amide bonds. The fourth-order valence-electron chi connectivity index (χ4n) is 3.10. The van der Waals surface area contributed by atoms with E-state index < -0.39 is 10.0 Å². The molecular weight excluding hydrogens is 304 g/mol. The van der Waals surface area contributed by atoms with Crippen LogP contribution < -0.4 is 5.73 Å². The zero-order valence-electron chi connectivity index (χ0n) is 13.1. The molecule has 2 rings (SSSR count). The van der Waals surface area contributed by atoms with Crippen molar-refractivity contribution in [3.63, 3.8) is 0 Å². The summed E-state index contributed by atoms with van der Waals surface area (Å²) >= 11 is 1.55. The van der Waals surface area contributed by atoms with Gasteiger partial charge in [0.2, 0.25) is 10.0 Å². The van der Waals surface area contributed by atoms with Crippen LogP contribution in [0.3, 0.4) is 0 Å². The Balaban J connectivity index is 2.30. The molecule has 21 heavy (non-hydrogen) atoms. The molecule has 0 atom stereocenters. The lowest BCUT2D eigenvalue weighted by atomic mass is 9.92. The molecule has 1 aliphatic carbocycles. The lowest BCUT2D eigenvalue weighted by molar-refractivity contribution is 0.240. The Morgan fingerprint density at radius 2 is 1.90 bits per heavy atom. The Kier molecular flexibility index (Phi) is 5.46. The molecule has 0 aromatic carbocycles. The summed E-state index contributed by atoms with van der Waals surface area (Å²) in [6.45, 7) is 6.48. The number of nitrogens with two attached hydrogens (primary N) is 1. The molecule has 0 spiro atoms. The van der Waals surface area contributed by atoms with Crippen molar-refractivity contribution in [1.82, 2.24) is 4.31 Å². The Morgan fingerprint density at radius 1 is 1.29 bits per heavy atom. The third kappa shape index (κ3) is 3.67. The minimum Gasteiger partial charge on any atom is -0.328 e. The fraction of sp³-hybridized carbons (Fsp3) is 0.733. The molecule has 2 N–H and O–H groups in total. The maximum atomic E-state index is 13.0. The van der Waals surface area contributed by atoms with Gasteiger partial charge in [-0.2, -0.15) is 4.31 Å². The van der Waals surface area contributed by atoms with E-state index in [1.54, 1.807) is 15.6 Å². The van der Waals surface area contributed by atoms with Crippen molar-refractivity contribution >= 4 is 21.4 Å².